The zero-order valence-corrected chi connectivity index (χ0v) is 5.81. The predicted molar refractivity (Wildman–Crippen MR) is 35.8 cm³/mol. The van der Waals surface area contributed by atoms with E-state index >= 15 is 0 Å². The summed E-state index contributed by atoms with van der Waals surface area (Å²) >= 11 is 0. The Labute approximate surface area is 67.3 Å². The maximum Gasteiger partial charge on any atom is 0.158 e. The molecule has 0 radical (unpaired) electrons. The Kier molecular flexibility index (Phi) is 2.02. The third-order valence-electron chi connectivity index (χ3n) is 1.28. The molecule has 0 atom stereocenters. The molecule has 0 bridgehead atoms. The average Bonchev–Trinajstić information content (AvgIpc) is 2.08. The maximum atomic E-state index is 12.8. The van der Waals surface area contributed by atoms with Gasteiger partial charge in [-0.25, -0.2) is 8.78 Å². The molecule has 0 spiro atoms. The second kappa shape index (κ2) is 2.98. The summed E-state index contributed by atoms with van der Waals surface area (Å²) in [6.07, 6.45) is 0. The van der Waals surface area contributed by atoms with Crippen LogP contribution in [0.25, 0.3) is 0 Å². The first kappa shape index (κ1) is 8.16. The first-order chi connectivity index (χ1) is 5.69. The van der Waals surface area contributed by atoms with Gasteiger partial charge < -0.3 is 0 Å². The van der Waals surface area contributed by atoms with Crippen LogP contribution in [0.3, 0.4) is 0 Å². The summed E-state index contributed by atoms with van der Waals surface area (Å²) < 4.78 is 25.4. The summed E-state index contributed by atoms with van der Waals surface area (Å²) in [4.78, 5) is 0. The molecule has 0 N–H and O–H groups in total. The number of halogens is 2. The van der Waals surface area contributed by atoms with Crippen molar-refractivity contribution in [3.63, 3.8) is 0 Å². The minimum absolute atomic E-state index is 0.452. The molecule has 1 aromatic rings. The zero-order valence-electron chi connectivity index (χ0n) is 5.81. The first-order valence-electron chi connectivity index (χ1n) is 2.98. The molecule has 0 aliphatic carbocycles. The van der Waals surface area contributed by atoms with Gasteiger partial charge in [-0.2, -0.15) is 10.5 Å². The van der Waals surface area contributed by atoms with E-state index in [0.29, 0.717) is 0 Å². The molecule has 58 valence electrons. The van der Waals surface area contributed by atoms with Gasteiger partial charge in [0.1, 0.15) is 18.0 Å². The molecule has 4 heteroatoms. The molecule has 1 rings (SSSR count). The molecule has 0 aromatic heterocycles. The van der Waals surface area contributed by atoms with Gasteiger partial charge >= 0.3 is 0 Å². The van der Waals surface area contributed by atoms with Crippen molar-refractivity contribution in [3.05, 3.63) is 34.9 Å². The molecular formula is C8H2F2N2. The van der Waals surface area contributed by atoms with Gasteiger partial charge in [-0.05, 0) is 12.1 Å². The van der Waals surface area contributed by atoms with E-state index in [0.717, 1.165) is 12.1 Å². The van der Waals surface area contributed by atoms with Crippen molar-refractivity contribution >= 4 is 0 Å². The van der Waals surface area contributed by atoms with Crippen molar-refractivity contribution in [2.45, 2.75) is 0 Å². The van der Waals surface area contributed by atoms with E-state index in [4.69, 9.17) is 10.5 Å². The molecule has 0 saturated carbocycles. The van der Waals surface area contributed by atoms with Crippen molar-refractivity contribution < 1.29 is 8.78 Å². The van der Waals surface area contributed by atoms with Crippen molar-refractivity contribution in [1.29, 1.82) is 10.5 Å². The summed E-state index contributed by atoms with van der Waals surface area (Å²) in [6.45, 7) is 0. The molecular weight excluding hydrogens is 162 g/mol. The number of benzene rings is 1. The lowest BCUT2D eigenvalue weighted by Crippen LogP contribution is -1.91. The van der Waals surface area contributed by atoms with Gasteiger partial charge in [-0.15, -0.1) is 0 Å². The molecule has 0 saturated heterocycles. The molecule has 0 amide bonds. The number of nitriles is 2. The second-order valence-electron chi connectivity index (χ2n) is 2.04. The van der Waals surface area contributed by atoms with Crippen LogP contribution in [0.1, 0.15) is 11.1 Å². The fraction of sp³-hybridized carbons (Fsp3) is 0. The maximum absolute atomic E-state index is 12.8. The Balaban J connectivity index is 3.48. The fourth-order valence-electron chi connectivity index (χ4n) is 0.752. The monoisotopic (exact) mass is 164 g/mol. The standard InChI is InChI=1S/C8H2F2N2/c9-7-1-5(3-11)8(10)6(2-7)4-12/h1-2H. The van der Waals surface area contributed by atoms with Gasteiger partial charge in [0.25, 0.3) is 0 Å². The molecule has 12 heavy (non-hydrogen) atoms. The van der Waals surface area contributed by atoms with Crippen LogP contribution < -0.4 is 0 Å². The molecule has 0 heterocycles. The number of hydrogen-bond acceptors (Lipinski definition) is 2. The highest BCUT2D eigenvalue weighted by atomic mass is 19.1. The van der Waals surface area contributed by atoms with E-state index in [1.54, 1.807) is 0 Å². The average molecular weight is 164 g/mol. The second-order valence-corrected chi connectivity index (χ2v) is 2.04. The first-order valence-corrected chi connectivity index (χ1v) is 2.98. The van der Waals surface area contributed by atoms with Crippen LogP contribution in [0, 0.1) is 34.3 Å². The van der Waals surface area contributed by atoms with Crippen LogP contribution in [-0.4, -0.2) is 0 Å². The van der Waals surface area contributed by atoms with Crippen molar-refractivity contribution in [2.75, 3.05) is 0 Å². The van der Waals surface area contributed by atoms with Gasteiger partial charge in [-0.3, -0.25) is 0 Å². The summed E-state index contributed by atoms with van der Waals surface area (Å²) in [5.41, 5.74) is -0.905. The topological polar surface area (TPSA) is 47.6 Å². The van der Waals surface area contributed by atoms with Crippen LogP contribution in [0.4, 0.5) is 8.78 Å². The van der Waals surface area contributed by atoms with Crippen LogP contribution in [0.15, 0.2) is 12.1 Å². The fourth-order valence-corrected chi connectivity index (χ4v) is 0.752. The zero-order chi connectivity index (χ0) is 9.14. The Morgan fingerprint density at radius 3 is 1.75 bits per heavy atom. The smallest absolute Gasteiger partial charge is 0.158 e. The van der Waals surface area contributed by atoms with Crippen molar-refractivity contribution in [2.24, 2.45) is 0 Å². The molecule has 0 fully saturated rings. The van der Waals surface area contributed by atoms with E-state index in [2.05, 4.69) is 0 Å². The Bertz CT molecular complexity index is 363. The summed E-state index contributed by atoms with van der Waals surface area (Å²) in [5.74, 6) is -1.76. The Morgan fingerprint density at radius 2 is 1.42 bits per heavy atom. The number of hydrogen-bond donors (Lipinski definition) is 0. The third kappa shape index (κ3) is 1.23. The van der Waals surface area contributed by atoms with E-state index in [-0.39, 0.29) is 0 Å². The lowest BCUT2D eigenvalue weighted by atomic mass is 10.1. The summed E-state index contributed by atoms with van der Waals surface area (Å²) in [6, 6.07) is 4.38. The summed E-state index contributed by atoms with van der Waals surface area (Å²) in [5, 5.41) is 16.6. The van der Waals surface area contributed by atoms with Crippen LogP contribution in [0.5, 0.6) is 0 Å². The number of rotatable bonds is 0. The van der Waals surface area contributed by atoms with Gasteiger partial charge in [0.15, 0.2) is 5.82 Å². The van der Waals surface area contributed by atoms with Gasteiger partial charge in [0, 0.05) is 0 Å². The van der Waals surface area contributed by atoms with E-state index in [1.165, 1.54) is 12.1 Å². The van der Waals surface area contributed by atoms with Crippen LogP contribution in [0.2, 0.25) is 0 Å². The molecule has 1 aromatic carbocycles. The van der Waals surface area contributed by atoms with Crippen molar-refractivity contribution in [3.8, 4) is 12.1 Å². The minimum Gasteiger partial charge on any atom is -0.207 e. The predicted octanol–water partition coefficient (Wildman–Crippen LogP) is 1.71. The lowest BCUT2D eigenvalue weighted by molar-refractivity contribution is 0.593. The van der Waals surface area contributed by atoms with E-state index in [9.17, 15) is 8.78 Å². The Morgan fingerprint density at radius 1 is 1.00 bits per heavy atom. The highest BCUT2D eigenvalue weighted by Crippen LogP contribution is 2.13. The molecule has 0 aliphatic heterocycles. The Hall–Kier alpha value is -1.94. The van der Waals surface area contributed by atoms with E-state index < -0.39 is 22.8 Å². The molecule has 0 unspecified atom stereocenters. The van der Waals surface area contributed by atoms with Crippen LogP contribution in [-0.2, 0) is 0 Å². The quantitative estimate of drug-likeness (QED) is 0.585. The van der Waals surface area contributed by atoms with Gasteiger partial charge in [-0.1, -0.05) is 0 Å². The largest absolute Gasteiger partial charge is 0.207 e. The number of nitrogens with zero attached hydrogens (tertiary/aromatic N) is 2. The highest BCUT2D eigenvalue weighted by molar-refractivity contribution is 5.41. The van der Waals surface area contributed by atoms with Gasteiger partial charge in [0.2, 0.25) is 0 Å². The molecule has 2 nitrogen and oxygen atoms in total. The highest BCUT2D eigenvalue weighted by Gasteiger charge is 2.09. The lowest BCUT2D eigenvalue weighted by Gasteiger charge is -1.95. The minimum atomic E-state index is -0.971. The molecule has 0 aliphatic rings. The van der Waals surface area contributed by atoms with E-state index in [1.807, 2.05) is 0 Å². The SMILES string of the molecule is N#Cc1cc(F)cc(C#N)c1F. The third-order valence-corrected chi connectivity index (χ3v) is 1.28. The summed E-state index contributed by atoms with van der Waals surface area (Å²) in [7, 11) is 0. The normalized spacial score (nSPS) is 8.67. The van der Waals surface area contributed by atoms with Gasteiger partial charge in [0.05, 0.1) is 11.1 Å². The van der Waals surface area contributed by atoms with Crippen LogP contribution >= 0.6 is 0 Å². The van der Waals surface area contributed by atoms with Crippen molar-refractivity contribution in [1.82, 2.24) is 0 Å².